The van der Waals surface area contributed by atoms with Crippen molar-refractivity contribution in [1.82, 2.24) is 14.5 Å². The Morgan fingerprint density at radius 1 is 0.795 bits per heavy atom. The van der Waals surface area contributed by atoms with Crippen LogP contribution in [-0.4, -0.2) is 14.5 Å². The summed E-state index contributed by atoms with van der Waals surface area (Å²) in [6, 6.07) is 36.0. The molecule has 0 aliphatic rings. The molecule has 8 aromatic rings. The van der Waals surface area contributed by atoms with Crippen molar-refractivity contribution in [1.29, 1.82) is 0 Å². The molecule has 4 aromatic carbocycles. The number of pyridine rings is 2. The summed E-state index contributed by atoms with van der Waals surface area (Å²) in [5, 5.41) is 5.56. The molecule has 188 valence electrons. The number of aromatic nitrogens is 3. The van der Waals surface area contributed by atoms with Crippen molar-refractivity contribution < 1.29 is 25.8 Å². The van der Waals surface area contributed by atoms with Crippen LogP contribution < -0.4 is 4.74 Å². The third kappa shape index (κ3) is 3.84. The number of nitrogens with zero attached hydrogens (tertiary/aromatic N) is 3. The maximum absolute atomic E-state index is 6.37. The van der Waals surface area contributed by atoms with Crippen LogP contribution in [0.3, 0.4) is 0 Å². The summed E-state index contributed by atoms with van der Waals surface area (Å²) in [5.41, 5.74) is 4.16. The Hall–Kier alpha value is -4.05. The smallest absolute Gasteiger partial charge is 0.503 e. The molecule has 6 heteroatoms. The molecule has 0 saturated heterocycles. The fourth-order valence-corrected chi connectivity index (χ4v) is 6.37. The Labute approximate surface area is 242 Å². The van der Waals surface area contributed by atoms with Crippen molar-refractivity contribution in [3.63, 3.8) is 0 Å². The van der Waals surface area contributed by atoms with Gasteiger partial charge in [0.1, 0.15) is 5.82 Å². The second kappa shape index (κ2) is 9.30. The summed E-state index contributed by atoms with van der Waals surface area (Å²) in [6.45, 7) is 2.07. The fourth-order valence-electron chi connectivity index (χ4n) is 5.31. The Morgan fingerprint density at radius 3 is 2.51 bits per heavy atom. The zero-order valence-corrected chi connectivity index (χ0v) is 23.8. The van der Waals surface area contributed by atoms with Crippen molar-refractivity contribution in [2.75, 3.05) is 0 Å². The van der Waals surface area contributed by atoms with Crippen molar-refractivity contribution in [2.45, 2.75) is 6.92 Å². The van der Waals surface area contributed by atoms with E-state index >= 15 is 0 Å². The summed E-state index contributed by atoms with van der Waals surface area (Å²) in [6.07, 6.45) is 3.74. The average molecular weight is 701 g/mol. The number of para-hydroxylation sites is 1. The van der Waals surface area contributed by atoms with Gasteiger partial charge in [0, 0.05) is 34.9 Å². The molecule has 0 aliphatic carbocycles. The minimum Gasteiger partial charge on any atom is -0.503 e. The Balaban J connectivity index is 0.00000253. The largest absolute Gasteiger partial charge is 2.00 e. The van der Waals surface area contributed by atoms with E-state index in [1.165, 1.54) is 4.70 Å². The van der Waals surface area contributed by atoms with E-state index < -0.39 is 0 Å². The van der Waals surface area contributed by atoms with Gasteiger partial charge in [-0.3, -0.25) is 4.98 Å². The number of benzene rings is 4. The molecule has 4 heterocycles. The number of hydrogen-bond donors (Lipinski definition) is 0. The van der Waals surface area contributed by atoms with Gasteiger partial charge in [0.25, 0.3) is 0 Å². The maximum atomic E-state index is 6.37. The van der Waals surface area contributed by atoms with Gasteiger partial charge < -0.3 is 9.30 Å². The van der Waals surface area contributed by atoms with Crippen LogP contribution >= 0.6 is 11.3 Å². The molecule has 0 bridgehead atoms. The van der Waals surface area contributed by atoms with Crippen molar-refractivity contribution in [2.24, 2.45) is 0 Å². The van der Waals surface area contributed by atoms with E-state index in [0.717, 1.165) is 59.6 Å². The van der Waals surface area contributed by atoms with Crippen LogP contribution in [0.25, 0.3) is 58.7 Å². The van der Waals surface area contributed by atoms with Gasteiger partial charge >= 0.3 is 21.1 Å². The van der Waals surface area contributed by atoms with Gasteiger partial charge in [0.05, 0.1) is 0 Å². The SMILES string of the molecule is Cc1cnc2c(ccc3sc4ccc(Oc5[c-]c6c(cc5)c5ccccc5n6-c5ccccn5)[c-]c4c32)c1.[Pt+2]. The molecular weight excluding hydrogens is 682 g/mol. The molecule has 0 N–H and O–H groups in total. The molecule has 0 unspecified atom stereocenters. The van der Waals surface area contributed by atoms with Crippen LogP contribution in [0.4, 0.5) is 0 Å². The quantitative estimate of drug-likeness (QED) is 0.173. The second-order valence-corrected chi connectivity index (χ2v) is 10.5. The minimum atomic E-state index is 0. The van der Waals surface area contributed by atoms with Crippen molar-refractivity contribution in [3.8, 4) is 17.3 Å². The number of fused-ring (bicyclic) bond motifs is 8. The van der Waals surface area contributed by atoms with E-state index in [4.69, 9.17) is 9.72 Å². The zero-order chi connectivity index (χ0) is 25.2. The summed E-state index contributed by atoms with van der Waals surface area (Å²) in [7, 11) is 0. The predicted octanol–water partition coefficient (Wildman–Crippen LogP) is 8.79. The maximum Gasteiger partial charge on any atom is 2.00 e. The molecule has 4 nitrogen and oxygen atoms in total. The van der Waals surface area contributed by atoms with Crippen molar-refractivity contribution in [3.05, 3.63) is 115 Å². The van der Waals surface area contributed by atoms with Gasteiger partial charge in [-0.2, -0.15) is 17.4 Å². The molecule has 4 aromatic heterocycles. The summed E-state index contributed by atoms with van der Waals surface area (Å²) in [5.74, 6) is 2.13. The first kappa shape index (κ1) is 24.0. The first-order valence-corrected chi connectivity index (χ1v) is 13.2. The van der Waals surface area contributed by atoms with E-state index in [1.807, 2.05) is 48.8 Å². The number of thiophene rings is 1. The molecular formula is C33H19N3OPtS. The van der Waals surface area contributed by atoms with Gasteiger partial charge in [-0.15, -0.1) is 29.0 Å². The van der Waals surface area contributed by atoms with E-state index in [1.54, 1.807) is 11.3 Å². The Morgan fingerprint density at radius 2 is 1.62 bits per heavy atom. The molecule has 0 aliphatic heterocycles. The fraction of sp³-hybridized carbons (Fsp3) is 0.0303. The van der Waals surface area contributed by atoms with Crippen LogP contribution in [0.2, 0.25) is 0 Å². The first-order valence-electron chi connectivity index (χ1n) is 12.4. The number of hydrogen-bond acceptors (Lipinski definition) is 4. The third-order valence-corrected chi connectivity index (χ3v) is 8.08. The molecule has 0 fully saturated rings. The number of rotatable bonds is 3. The van der Waals surface area contributed by atoms with Crippen LogP contribution in [0.5, 0.6) is 11.5 Å². The first-order chi connectivity index (χ1) is 18.7. The monoisotopic (exact) mass is 700 g/mol. The van der Waals surface area contributed by atoms with E-state index in [9.17, 15) is 0 Å². The molecule has 0 amide bonds. The van der Waals surface area contributed by atoms with E-state index in [2.05, 4.69) is 77.1 Å². The van der Waals surface area contributed by atoms with Crippen LogP contribution in [0.1, 0.15) is 5.56 Å². The van der Waals surface area contributed by atoms with Gasteiger partial charge in [-0.05, 0) is 52.2 Å². The van der Waals surface area contributed by atoms with Crippen molar-refractivity contribution >= 4 is 64.2 Å². The molecule has 0 saturated carbocycles. The Bertz CT molecular complexity index is 2180. The van der Waals surface area contributed by atoms with Gasteiger partial charge in [0.2, 0.25) is 0 Å². The zero-order valence-electron chi connectivity index (χ0n) is 20.7. The minimum absolute atomic E-state index is 0. The van der Waals surface area contributed by atoms with E-state index in [0.29, 0.717) is 11.5 Å². The average Bonchev–Trinajstić information content (AvgIpc) is 3.48. The van der Waals surface area contributed by atoms with E-state index in [-0.39, 0.29) is 21.1 Å². The Kier molecular flexibility index (Phi) is 5.73. The summed E-state index contributed by atoms with van der Waals surface area (Å²) in [4.78, 5) is 9.38. The normalized spacial score (nSPS) is 11.5. The van der Waals surface area contributed by atoms with Crippen LogP contribution in [0, 0.1) is 19.1 Å². The van der Waals surface area contributed by atoms with Gasteiger partial charge in [-0.1, -0.05) is 64.1 Å². The van der Waals surface area contributed by atoms with Gasteiger partial charge in [-0.25, -0.2) is 4.98 Å². The molecule has 39 heavy (non-hydrogen) atoms. The number of aryl methyl sites for hydroxylation is 1. The summed E-state index contributed by atoms with van der Waals surface area (Å²) < 4.78 is 10.9. The molecule has 0 atom stereocenters. The van der Waals surface area contributed by atoms with Gasteiger partial charge in [0.15, 0.2) is 0 Å². The van der Waals surface area contributed by atoms with Crippen LogP contribution in [-0.2, 0) is 21.1 Å². The van der Waals surface area contributed by atoms with Crippen LogP contribution in [0.15, 0.2) is 97.3 Å². The molecule has 0 radical (unpaired) electrons. The predicted molar refractivity (Wildman–Crippen MR) is 156 cm³/mol. The molecule has 0 spiro atoms. The third-order valence-electron chi connectivity index (χ3n) is 6.96. The second-order valence-electron chi connectivity index (χ2n) is 9.41. The number of ether oxygens (including phenoxy) is 1. The molecule has 8 rings (SSSR count). The topological polar surface area (TPSA) is 39.9 Å². The summed E-state index contributed by atoms with van der Waals surface area (Å²) >= 11 is 1.75. The standard InChI is InChI=1S/C33H19N3OS.Pt/c1-20-16-21-9-13-30-32(33(21)35-19-20)26-17-22(11-14-29(26)38-30)37-23-10-12-25-24-6-2-3-7-27(24)36(28(25)18-23)31-8-4-5-15-34-31;/h2-16,19H,1H3;/q-2;+2.